The van der Waals surface area contributed by atoms with Crippen LogP contribution in [0.1, 0.15) is 44.9 Å². The fourth-order valence-electron chi connectivity index (χ4n) is 5.84. The van der Waals surface area contributed by atoms with Crippen molar-refractivity contribution >= 4 is 23.4 Å². The first-order valence-electron chi connectivity index (χ1n) is 9.35. The van der Waals surface area contributed by atoms with Crippen LogP contribution in [0.25, 0.3) is 0 Å². The molecule has 0 unspecified atom stereocenters. The highest BCUT2D eigenvalue weighted by Crippen LogP contribution is 2.61. The Morgan fingerprint density at radius 2 is 1.64 bits per heavy atom. The number of hydrogen-bond acceptors (Lipinski definition) is 2. The highest BCUT2D eigenvalue weighted by molar-refractivity contribution is 7.99. The van der Waals surface area contributed by atoms with E-state index in [0.29, 0.717) is 5.41 Å². The van der Waals surface area contributed by atoms with Gasteiger partial charge in [0.1, 0.15) is 17.3 Å². The molecule has 1 aromatic carbocycles. The molecule has 4 fully saturated rings. The Morgan fingerprint density at radius 3 is 2.20 bits per heavy atom. The molecule has 4 aliphatic rings. The zero-order valence-corrected chi connectivity index (χ0v) is 15.2. The zero-order chi connectivity index (χ0) is 17.4. The first-order valence-corrected chi connectivity index (χ1v) is 10.5. The maximum absolute atomic E-state index is 13.6. The number of para-hydroxylation sites is 1. The van der Waals surface area contributed by atoms with Crippen molar-refractivity contribution in [2.45, 2.75) is 44.9 Å². The molecule has 1 N–H and O–H groups in total. The lowest BCUT2D eigenvalue weighted by molar-refractivity contribution is -0.113. The molecule has 4 bridgehead atoms. The fourth-order valence-corrected chi connectivity index (χ4v) is 6.82. The smallest absolute Gasteiger partial charge is 0.234 e. The van der Waals surface area contributed by atoms with Crippen molar-refractivity contribution in [3.63, 3.8) is 0 Å². The summed E-state index contributed by atoms with van der Waals surface area (Å²) in [6.45, 7) is 0. The predicted octanol–water partition coefficient (Wildman–Crippen LogP) is 5.24. The Kier molecular flexibility index (Phi) is 4.78. The molecule has 0 saturated heterocycles. The van der Waals surface area contributed by atoms with E-state index in [1.54, 1.807) is 11.8 Å². The summed E-state index contributed by atoms with van der Waals surface area (Å²) in [5.74, 6) is 2.26. The minimum Gasteiger partial charge on any atom is -0.320 e. The van der Waals surface area contributed by atoms with E-state index >= 15 is 0 Å². The molecule has 0 spiro atoms. The van der Waals surface area contributed by atoms with Crippen LogP contribution in [-0.4, -0.2) is 17.4 Å². The third-order valence-electron chi connectivity index (χ3n) is 6.40. The number of rotatable bonds is 6. The fraction of sp³-hybridized carbons (Fsp3) is 0.650. The molecule has 0 radical (unpaired) electrons. The topological polar surface area (TPSA) is 29.1 Å². The van der Waals surface area contributed by atoms with E-state index in [1.165, 1.54) is 51.0 Å². The van der Waals surface area contributed by atoms with E-state index in [-0.39, 0.29) is 17.3 Å². The van der Waals surface area contributed by atoms with Gasteiger partial charge in [0, 0.05) is 0 Å². The molecule has 2 nitrogen and oxygen atoms in total. The average Bonchev–Trinajstić information content (AvgIpc) is 2.54. The van der Waals surface area contributed by atoms with Crippen LogP contribution in [-0.2, 0) is 4.79 Å². The minimum absolute atomic E-state index is 0.250. The Morgan fingerprint density at radius 1 is 1.08 bits per heavy atom. The Labute approximate surface area is 152 Å². The lowest BCUT2D eigenvalue weighted by Crippen LogP contribution is -2.46. The molecular formula is C20H25F2NOS. The van der Waals surface area contributed by atoms with Gasteiger partial charge in [-0.05, 0) is 86.0 Å². The molecule has 1 amide bonds. The minimum atomic E-state index is -0.730. The number of benzene rings is 1. The Balaban J connectivity index is 1.24. The van der Waals surface area contributed by atoms with Gasteiger partial charge in [0.25, 0.3) is 0 Å². The summed E-state index contributed by atoms with van der Waals surface area (Å²) in [5.41, 5.74) is 0.185. The third-order valence-corrected chi connectivity index (χ3v) is 7.36. The highest BCUT2D eigenvalue weighted by atomic mass is 32.2. The van der Waals surface area contributed by atoms with Gasteiger partial charge in [-0.2, -0.15) is 11.8 Å². The number of hydrogen-bond donors (Lipinski definition) is 1. The molecule has 0 atom stereocenters. The van der Waals surface area contributed by atoms with Gasteiger partial charge in [-0.1, -0.05) is 6.07 Å². The Bertz CT molecular complexity index is 608. The van der Waals surface area contributed by atoms with Crippen LogP contribution < -0.4 is 5.32 Å². The molecule has 0 aromatic heterocycles. The molecule has 5 heteroatoms. The molecule has 0 heterocycles. The van der Waals surface area contributed by atoms with Gasteiger partial charge in [-0.15, -0.1) is 0 Å². The standard InChI is InChI=1S/C20H25F2NOS/c21-16-2-1-3-17(22)19(16)23-18(24)12-25-5-4-20-9-13-6-14(10-20)8-15(7-13)11-20/h1-3,13-15H,4-12H2,(H,23,24). The summed E-state index contributed by atoms with van der Waals surface area (Å²) >= 11 is 1.58. The first-order chi connectivity index (χ1) is 12.0. The van der Waals surface area contributed by atoms with Crippen LogP contribution in [0.2, 0.25) is 0 Å². The van der Waals surface area contributed by atoms with E-state index in [2.05, 4.69) is 5.32 Å². The van der Waals surface area contributed by atoms with Crippen molar-refractivity contribution in [2.75, 3.05) is 16.8 Å². The van der Waals surface area contributed by atoms with Crippen molar-refractivity contribution in [2.24, 2.45) is 23.2 Å². The van der Waals surface area contributed by atoms with Gasteiger partial charge in [0.05, 0.1) is 5.75 Å². The molecule has 25 heavy (non-hydrogen) atoms. The van der Waals surface area contributed by atoms with Crippen molar-refractivity contribution in [3.8, 4) is 0 Å². The predicted molar refractivity (Wildman–Crippen MR) is 97.5 cm³/mol. The second kappa shape index (κ2) is 6.90. The van der Waals surface area contributed by atoms with E-state index in [9.17, 15) is 13.6 Å². The van der Waals surface area contributed by atoms with Crippen molar-refractivity contribution in [3.05, 3.63) is 29.8 Å². The number of anilines is 1. The number of amides is 1. The monoisotopic (exact) mass is 365 g/mol. The number of thioether (sulfide) groups is 1. The summed E-state index contributed by atoms with van der Waals surface area (Å²) in [4.78, 5) is 12.0. The quantitative estimate of drug-likeness (QED) is 0.698. The van der Waals surface area contributed by atoms with Crippen LogP contribution in [0.4, 0.5) is 14.5 Å². The summed E-state index contributed by atoms with van der Waals surface area (Å²) in [6, 6.07) is 3.60. The highest BCUT2D eigenvalue weighted by Gasteiger charge is 2.50. The number of carbonyl (C=O) groups is 1. The Hall–Kier alpha value is -1.10. The van der Waals surface area contributed by atoms with Gasteiger partial charge in [-0.3, -0.25) is 4.79 Å². The molecule has 5 rings (SSSR count). The molecule has 136 valence electrons. The average molecular weight is 365 g/mol. The van der Waals surface area contributed by atoms with Crippen LogP contribution >= 0.6 is 11.8 Å². The molecule has 0 aliphatic heterocycles. The van der Waals surface area contributed by atoms with Crippen LogP contribution in [0.15, 0.2) is 18.2 Å². The van der Waals surface area contributed by atoms with E-state index in [4.69, 9.17) is 0 Å². The number of halogens is 2. The summed E-state index contributed by atoms with van der Waals surface area (Å²) in [5, 5.41) is 2.36. The maximum Gasteiger partial charge on any atom is 0.234 e. The summed E-state index contributed by atoms with van der Waals surface area (Å²) in [6.07, 6.45) is 9.67. The van der Waals surface area contributed by atoms with Crippen LogP contribution in [0.5, 0.6) is 0 Å². The molecule has 4 saturated carbocycles. The lowest BCUT2D eigenvalue weighted by atomic mass is 9.49. The zero-order valence-electron chi connectivity index (χ0n) is 14.4. The maximum atomic E-state index is 13.6. The third kappa shape index (κ3) is 3.71. The molecule has 1 aromatic rings. The molecular weight excluding hydrogens is 340 g/mol. The number of carbonyl (C=O) groups excluding carboxylic acids is 1. The van der Waals surface area contributed by atoms with Gasteiger partial charge in [0.2, 0.25) is 5.91 Å². The van der Waals surface area contributed by atoms with Gasteiger partial charge in [0.15, 0.2) is 0 Å². The van der Waals surface area contributed by atoms with Gasteiger partial charge in [-0.25, -0.2) is 8.78 Å². The van der Waals surface area contributed by atoms with E-state index in [1.807, 2.05) is 0 Å². The normalized spacial score (nSPS) is 32.8. The molecule has 4 aliphatic carbocycles. The van der Waals surface area contributed by atoms with Crippen molar-refractivity contribution in [1.29, 1.82) is 0 Å². The first kappa shape index (κ1) is 17.3. The van der Waals surface area contributed by atoms with E-state index < -0.39 is 11.6 Å². The van der Waals surface area contributed by atoms with Crippen molar-refractivity contribution < 1.29 is 13.6 Å². The summed E-state index contributed by atoms with van der Waals surface area (Å²) in [7, 11) is 0. The van der Waals surface area contributed by atoms with Crippen molar-refractivity contribution in [1.82, 2.24) is 0 Å². The van der Waals surface area contributed by atoms with Gasteiger partial charge < -0.3 is 5.32 Å². The second-order valence-electron chi connectivity index (χ2n) is 8.36. The SMILES string of the molecule is O=C(CSCCC12CC3CC(CC(C3)C1)C2)Nc1c(F)cccc1F. The lowest BCUT2D eigenvalue weighted by Gasteiger charge is -2.57. The van der Waals surface area contributed by atoms with E-state index in [0.717, 1.165) is 35.6 Å². The number of nitrogens with one attached hydrogen (secondary N) is 1. The van der Waals surface area contributed by atoms with Crippen LogP contribution in [0, 0.1) is 34.8 Å². The second-order valence-corrected chi connectivity index (χ2v) is 9.47. The van der Waals surface area contributed by atoms with Gasteiger partial charge >= 0.3 is 0 Å². The van der Waals surface area contributed by atoms with Crippen LogP contribution in [0.3, 0.4) is 0 Å². The summed E-state index contributed by atoms with van der Waals surface area (Å²) < 4.78 is 27.1. The largest absolute Gasteiger partial charge is 0.320 e.